The average Bonchev–Trinajstić information content (AvgIpc) is 2.62. The van der Waals surface area contributed by atoms with Crippen LogP contribution < -0.4 is 5.32 Å². The summed E-state index contributed by atoms with van der Waals surface area (Å²) in [4.78, 5) is 0. The van der Waals surface area contributed by atoms with Gasteiger partial charge in [-0.25, -0.2) is 0 Å². The summed E-state index contributed by atoms with van der Waals surface area (Å²) >= 11 is 0. The van der Waals surface area contributed by atoms with E-state index in [4.69, 9.17) is 4.42 Å². The van der Waals surface area contributed by atoms with Crippen LogP contribution in [0.3, 0.4) is 0 Å². The lowest BCUT2D eigenvalue weighted by Crippen LogP contribution is -2.27. The molecule has 1 saturated carbocycles. The molecule has 0 amide bonds. The van der Waals surface area contributed by atoms with E-state index in [-0.39, 0.29) is 0 Å². The lowest BCUT2D eigenvalue weighted by molar-refractivity contribution is 0.336. The SMILES string of the molecule is Cc1ccc(CNC2CCCC(C(C)C)CC2)o1. The Morgan fingerprint density at radius 2 is 2.06 bits per heavy atom. The van der Waals surface area contributed by atoms with Gasteiger partial charge in [0.2, 0.25) is 0 Å². The Hall–Kier alpha value is -0.760. The molecule has 0 radical (unpaired) electrons. The molecule has 2 heteroatoms. The van der Waals surface area contributed by atoms with Gasteiger partial charge in [0.25, 0.3) is 0 Å². The molecule has 2 atom stereocenters. The minimum absolute atomic E-state index is 0.680. The molecule has 0 saturated heterocycles. The molecule has 0 bridgehead atoms. The Morgan fingerprint density at radius 1 is 1.22 bits per heavy atom. The van der Waals surface area contributed by atoms with Crippen molar-refractivity contribution in [2.45, 2.75) is 65.5 Å². The van der Waals surface area contributed by atoms with Gasteiger partial charge < -0.3 is 9.73 Å². The van der Waals surface area contributed by atoms with E-state index in [9.17, 15) is 0 Å². The predicted molar refractivity (Wildman–Crippen MR) is 75.5 cm³/mol. The van der Waals surface area contributed by atoms with E-state index in [2.05, 4.69) is 25.2 Å². The first-order valence-corrected chi connectivity index (χ1v) is 7.44. The van der Waals surface area contributed by atoms with Crippen molar-refractivity contribution in [2.75, 3.05) is 0 Å². The molecule has 1 aromatic heterocycles. The second-order valence-electron chi connectivity index (χ2n) is 6.10. The van der Waals surface area contributed by atoms with Crippen LogP contribution in [0.1, 0.15) is 57.5 Å². The quantitative estimate of drug-likeness (QED) is 0.806. The lowest BCUT2D eigenvalue weighted by atomic mass is 9.89. The number of aryl methyl sites for hydroxylation is 1. The topological polar surface area (TPSA) is 25.2 Å². The van der Waals surface area contributed by atoms with E-state index >= 15 is 0 Å². The molecule has 2 unspecified atom stereocenters. The highest BCUT2D eigenvalue weighted by Gasteiger charge is 2.20. The second kappa shape index (κ2) is 6.42. The van der Waals surface area contributed by atoms with Crippen LogP contribution in [-0.2, 0) is 6.54 Å². The third-order valence-electron chi connectivity index (χ3n) is 4.32. The van der Waals surface area contributed by atoms with Gasteiger partial charge in [-0.05, 0) is 50.2 Å². The van der Waals surface area contributed by atoms with Gasteiger partial charge in [0.1, 0.15) is 11.5 Å². The van der Waals surface area contributed by atoms with Crippen LogP contribution in [-0.4, -0.2) is 6.04 Å². The second-order valence-corrected chi connectivity index (χ2v) is 6.10. The summed E-state index contributed by atoms with van der Waals surface area (Å²) in [5, 5.41) is 3.66. The maximum atomic E-state index is 5.60. The molecule has 1 aliphatic carbocycles. The zero-order valence-corrected chi connectivity index (χ0v) is 12.0. The fraction of sp³-hybridized carbons (Fsp3) is 0.750. The minimum Gasteiger partial charge on any atom is -0.465 e. The average molecular weight is 249 g/mol. The molecule has 1 aliphatic rings. The molecule has 1 N–H and O–H groups in total. The van der Waals surface area contributed by atoms with Gasteiger partial charge in [-0.15, -0.1) is 0 Å². The zero-order valence-electron chi connectivity index (χ0n) is 12.0. The standard InChI is InChI=1S/C16H27NO/c1-12(2)14-5-4-6-15(9-8-14)17-11-16-10-7-13(3)18-16/h7,10,12,14-15,17H,4-6,8-9,11H2,1-3H3. The first-order valence-electron chi connectivity index (χ1n) is 7.44. The first kappa shape index (κ1) is 13.7. The molecule has 18 heavy (non-hydrogen) atoms. The summed E-state index contributed by atoms with van der Waals surface area (Å²) in [5.41, 5.74) is 0. The Balaban J connectivity index is 1.77. The van der Waals surface area contributed by atoms with Crippen LogP contribution in [0.2, 0.25) is 0 Å². The number of hydrogen-bond donors (Lipinski definition) is 1. The molecule has 1 heterocycles. The largest absolute Gasteiger partial charge is 0.465 e. The molecule has 0 aromatic carbocycles. The van der Waals surface area contributed by atoms with Gasteiger partial charge in [0.05, 0.1) is 6.54 Å². The van der Waals surface area contributed by atoms with Gasteiger partial charge in [-0.1, -0.05) is 26.7 Å². The van der Waals surface area contributed by atoms with Crippen molar-refractivity contribution in [1.29, 1.82) is 0 Å². The van der Waals surface area contributed by atoms with Crippen LogP contribution in [0.25, 0.3) is 0 Å². The van der Waals surface area contributed by atoms with Crippen LogP contribution in [0.5, 0.6) is 0 Å². The lowest BCUT2D eigenvalue weighted by Gasteiger charge is -2.18. The summed E-state index contributed by atoms with van der Waals surface area (Å²) in [6, 6.07) is 4.80. The van der Waals surface area contributed by atoms with Crippen molar-refractivity contribution in [3.05, 3.63) is 23.7 Å². The molecule has 2 nitrogen and oxygen atoms in total. The summed E-state index contributed by atoms with van der Waals surface area (Å²) in [6.45, 7) is 7.61. The number of nitrogens with one attached hydrogen (secondary N) is 1. The van der Waals surface area contributed by atoms with Crippen LogP contribution in [0.4, 0.5) is 0 Å². The Morgan fingerprint density at radius 3 is 2.72 bits per heavy atom. The van der Waals surface area contributed by atoms with Crippen LogP contribution in [0, 0.1) is 18.8 Å². The highest BCUT2D eigenvalue weighted by molar-refractivity contribution is 5.05. The minimum atomic E-state index is 0.680. The summed E-state index contributed by atoms with van der Waals surface area (Å²) in [7, 11) is 0. The van der Waals surface area contributed by atoms with Crippen molar-refractivity contribution in [3.63, 3.8) is 0 Å². The maximum Gasteiger partial charge on any atom is 0.117 e. The fourth-order valence-corrected chi connectivity index (χ4v) is 3.03. The van der Waals surface area contributed by atoms with Gasteiger partial charge in [0, 0.05) is 6.04 Å². The van der Waals surface area contributed by atoms with E-state index in [1.807, 2.05) is 13.0 Å². The van der Waals surface area contributed by atoms with Gasteiger partial charge in [-0.2, -0.15) is 0 Å². The van der Waals surface area contributed by atoms with E-state index in [1.165, 1.54) is 32.1 Å². The molecule has 1 fully saturated rings. The van der Waals surface area contributed by atoms with Crippen molar-refractivity contribution in [2.24, 2.45) is 11.8 Å². The highest BCUT2D eigenvalue weighted by Crippen LogP contribution is 2.28. The van der Waals surface area contributed by atoms with E-state index in [1.54, 1.807) is 0 Å². The third-order valence-corrected chi connectivity index (χ3v) is 4.32. The summed E-state index contributed by atoms with van der Waals surface area (Å²) in [6.07, 6.45) is 6.81. The van der Waals surface area contributed by atoms with Crippen molar-refractivity contribution < 1.29 is 4.42 Å². The molecular formula is C16H27NO. The predicted octanol–water partition coefficient (Wildman–Crippen LogP) is 4.28. The number of rotatable bonds is 4. The Kier molecular flexibility index (Phi) is 4.87. The zero-order chi connectivity index (χ0) is 13.0. The molecule has 2 rings (SSSR count). The summed E-state index contributed by atoms with van der Waals surface area (Å²) in [5.74, 6) is 3.85. The highest BCUT2D eigenvalue weighted by atomic mass is 16.3. The monoisotopic (exact) mass is 249 g/mol. The first-order chi connectivity index (χ1) is 8.65. The van der Waals surface area contributed by atoms with Gasteiger partial charge in [-0.3, -0.25) is 0 Å². The normalized spacial score (nSPS) is 25.3. The van der Waals surface area contributed by atoms with Crippen molar-refractivity contribution >= 4 is 0 Å². The fourth-order valence-electron chi connectivity index (χ4n) is 3.03. The maximum absolute atomic E-state index is 5.60. The van der Waals surface area contributed by atoms with Gasteiger partial charge >= 0.3 is 0 Å². The third kappa shape index (κ3) is 3.88. The molecule has 1 aromatic rings. The molecule has 0 spiro atoms. The van der Waals surface area contributed by atoms with Crippen LogP contribution in [0.15, 0.2) is 16.5 Å². The number of hydrogen-bond acceptors (Lipinski definition) is 2. The number of furan rings is 1. The van der Waals surface area contributed by atoms with E-state index in [0.29, 0.717) is 6.04 Å². The van der Waals surface area contributed by atoms with E-state index < -0.39 is 0 Å². The smallest absolute Gasteiger partial charge is 0.117 e. The molecule has 0 aliphatic heterocycles. The molecular weight excluding hydrogens is 222 g/mol. The Labute approximate surface area is 111 Å². The van der Waals surface area contributed by atoms with Gasteiger partial charge in [0.15, 0.2) is 0 Å². The van der Waals surface area contributed by atoms with Crippen molar-refractivity contribution in [1.82, 2.24) is 5.32 Å². The van der Waals surface area contributed by atoms with E-state index in [0.717, 1.165) is 29.9 Å². The molecule has 102 valence electrons. The summed E-state index contributed by atoms with van der Waals surface area (Å²) < 4.78 is 5.60. The van der Waals surface area contributed by atoms with Crippen molar-refractivity contribution in [3.8, 4) is 0 Å². The van der Waals surface area contributed by atoms with Crippen LogP contribution >= 0.6 is 0 Å². The Bertz CT molecular complexity index is 356.